The van der Waals surface area contributed by atoms with Crippen LogP contribution in [-0.4, -0.2) is 28.2 Å². The zero-order valence-corrected chi connectivity index (χ0v) is 18.2. The van der Waals surface area contributed by atoms with Gasteiger partial charge in [-0.3, -0.25) is 10.1 Å². The van der Waals surface area contributed by atoms with Crippen molar-refractivity contribution < 1.29 is 4.79 Å². The number of carbonyl (C=O) groups is 1. The molecule has 6 nitrogen and oxygen atoms in total. The molecule has 3 unspecified atom stereocenters. The number of nitrogens with one attached hydrogen (secondary N) is 3. The van der Waals surface area contributed by atoms with Crippen LogP contribution in [0.15, 0.2) is 36.4 Å². The Labute approximate surface area is 177 Å². The fourth-order valence-electron chi connectivity index (χ4n) is 4.06. The molecule has 3 aromatic rings. The van der Waals surface area contributed by atoms with Crippen LogP contribution in [0.1, 0.15) is 34.9 Å². The van der Waals surface area contributed by atoms with Crippen LogP contribution in [0.2, 0.25) is 0 Å². The summed E-state index contributed by atoms with van der Waals surface area (Å²) in [5.41, 5.74) is 6.66. The molecule has 2 heterocycles. The van der Waals surface area contributed by atoms with Gasteiger partial charge in [0.05, 0.1) is 17.1 Å². The van der Waals surface area contributed by atoms with E-state index in [1.807, 2.05) is 19.1 Å². The van der Waals surface area contributed by atoms with Gasteiger partial charge < -0.3 is 10.6 Å². The van der Waals surface area contributed by atoms with E-state index < -0.39 is 6.29 Å². The Kier molecular flexibility index (Phi) is 5.43. The number of aryl methyl sites for hydroxylation is 4. The van der Waals surface area contributed by atoms with E-state index in [0.717, 1.165) is 16.6 Å². The summed E-state index contributed by atoms with van der Waals surface area (Å²) in [6, 6.07) is 12.4. The third-order valence-electron chi connectivity index (χ3n) is 6.13. The maximum absolute atomic E-state index is 12.9. The first-order valence-corrected chi connectivity index (χ1v) is 10.4. The number of hydrogen-bond donors (Lipinski definition) is 3. The van der Waals surface area contributed by atoms with Crippen molar-refractivity contribution in [3.8, 4) is 0 Å². The first kappa shape index (κ1) is 20.3. The molecular weight excluding hydrogens is 374 g/mol. The summed E-state index contributed by atoms with van der Waals surface area (Å²) < 4.78 is 0. The SMILES string of the molecule is Cc1cc2nc(NC3NC(=O)C(Cc4ccccc4C)C(C)N3)nc(C)c2cc1C. The van der Waals surface area contributed by atoms with Crippen LogP contribution in [0.5, 0.6) is 0 Å². The van der Waals surface area contributed by atoms with Crippen molar-refractivity contribution >= 4 is 22.8 Å². The first-order valence-electron chi connectivity index (χ1n) is 10.4. The van der Waals surface area contributed by atoms with Gasteiger partial charge in [0.2, 0.25) is 11.9 Å². The summed E-state index contributed by atoms with van der Waals surface area (Å²) in [7, 11) is 0. The fourth-order valence-corrected chi connectivity index (χ4v) is 4.06. The van der Waals surface area contributed by atoms with Crippen LogP contribution >= 0.6 is 0 Å². The van der Waals surface area contributed by atoms with Crippen molar-refractivity contribution in [2.75, 3.05) is 5.32 Å². The molecule has 0 spiro atoms. The number of amides is 1. The molecular formula is C24H29N5O. The second-order valence-corrected chi connectivity index (χ2v) is 8.36. The molecule has 156 valence electrons. The molecule has 0 bridgehead atoms. The molecule has 1 aliphatic heterocycles. The monoisotopic (exact) mass is 403 g/mol. The molecule has 0 saturated carbocycles. The smallest absolute Gasteiger partial charge is 0.227 e. The largest absolute Gasteiger partial charge is 0.323 e. The van der Waals surface area contributed by atoms with Gasteiger partial charge in [0, 0.05) is 11.4 Å². The van der Waals surface area contributed by atoms with Gasteiger partial charge in [-0.05, 0) is 75.4 Å². The quantitative estimate of drug-likeness (QED) is 0.621. The molecule has 0 aliphatic carbocycles. The van der Waals surface area contributed by atoms with Crippen molar-refractivity contribution in [2.45, 2.75) is 53.4 Å². The van der Waals surface area contributed by atoms with E-state index in [4.69, 9.17) is 0 Å². The Hall–Kier alpha value is -2.99. The van der Waals surface area contributed by atoms with Crippen LogP contribution < -0.4 is 16.0 Å². The minimum Gasteiger partial charge on any atom is -0.323 e. The highest BCUT2D eigenvalue weighted by Gasteiger charge is 2.34. The van der Waals surface area contributed by atoms with Gasteiger partial charge in [-0.2, -0.15) is 0 Å². The Morgan fingerprint density at radius 1 is 1.00 bits per heavy atom. The Balaban J connectivity index is 1.50. The van der Waals surface area contributed by atoms with Gasteiger partial charge >= 0.3 is 0 Å². The van der Waals surface area contributed by atoms with Gasteiger partial charge in [-0.15, -0.1) is 0 Å². The lowest BCUT2D eigenvalue weighted by molar-refractivity contribution is -0.128. The maximum atomic E-state index is 12.9. The van der Waals surface area contributed by atoms with Crippen LogP contribution in [0.25, 0.3) is 10.9 Å². The third kappa shape index (κ3) is 4.00. The molecule has 1 saturated heterocycles. The Morgan fingerprint density at radius 3 is 2.47 bits per heavy atom. The molecule has 1 aromatic heterocycles. The van der Waals surface area contributed by atoms with E-state index in [0.29, 0.717) is 12.4 Å². The van der Waals surface area contributed by atoms with Crippen LogP contribution in [0, 0.1) is 33.6 Å². The molecule has 3 atom stereocenters. The summed E-state index contributed by atoms with van der Waals surface area (Å²) in [5, 5.41) is 10.8. The topological polar surface area (TPSA) is 78.9 Å². The maximum Gasteiger partial charge on any atom is 0.227 e. The molecule has 4 rings (SSSR count). The predicted octanol–water partition coefficient (Wildman–Crippen LogP) is 3.53. The van der Waals surface area contributed by atoms with E-state index >= 15 is 0 Å². The van der Waals surface area contributed by atoms with Gasteiger partial charge in [-0.25, -0.2) is 9.97 Å². The molecule has 1 aliphatic rings. The van der Waals surface area contributed by atoms with Crippen LogP contribution in [0.3, 0.4) is 0 Å². The van der Waals surface area contributed by atoms with Crippen molar-refractivity contribution in [3.63, 3.8) is 0 Å². The Morgan fingerprint density at radius 2 is 1.73 bits per heavy atom. The fraction of sp³-hybridized carbons (Fsp3) is 0.375. The van der Waals surface area contributed by atoms with Gasteiger partial charge in [0.1, 0.15) is 0 Å². The zero-order chi connectivity index (χ0) is 21.4. The number of hydrogen-bond acceptors (Lipinski definition) is 5. The third-order valence-corrected chi connectivity index (χ3v) is 6.13. The lowest BCUT2D eigenvalue weighted by Gasteiger charge is -2.36. The summed E-state index contributed by atoms with van der Waals surface area (Å²) in [6.45, 7) is 10.3. The molecule has 0 radical (unpaired) electrons. The van der Waals surface area contributed by atoms with E-state index in [9.17, 15) is 4.79 Å². The van der Waals surface area contributed by atoms with Crippen LogP contribution in [0.4, 0.5) is 5.95 Å². The average molecular weight is 404 g/mol. The number of rotatable bonds is 4. The number of fused-ring (bicyclic) bond motifs is 1. The highest BCUT2D eigenvalue weighted by atomic mass is 16.2. The standard InChI is InChI=1S/C24H29N5O/c1-13-8-6-7-9-18(13)12-20-17(5)26-24(28-22(20)30)29-23-25-16(4)19-10-14(2)15(3)11-21(19)27-23/h6-11,17,20,24,26H,12H2,1-5H3,(H,28,30)(H,25,27,29). The van der Waals surface area contributed by atoms with Crippen LogP contribution in [-0.2, 0) is 11.2 Å². The second kappa shape index (κ2) is 8.03. The number of carbonyl (C=O) groups excluding carboxylic acids is 1. The lowest BCUT2D eigenvalue weighted by Crippen LogP contribution is -2.63. The van der Waals surface area contributed by atoms with E-state index in [1.165, 1.54) is 22.3 Å². The average Bonchev–Trinajstić information content (AvgIpc) is 2.68. The summed E-state index contributed by atoms with van der Waals surface area (Å²) in [6.07, 6.45) is 0.299. The van der Waals surface area contributed by atoms with Crippen molar-refractivity contribution in [2.24, 2.45) is 5.92 Å². The predicted molar refractivity (Wildman–Crippen MR) is 120 cm³/mol. The molecule has 6 heteroatoms. The van der Waals surface area contributed by atoms with Gasteiger partial charge in [0.25, 0.3) is 0 Å². The van der Waals surface area contributed by atoms with Crippen molar-refractivity contribution in [1.82, 2.24) is 20.6 Å². The summed E-state index contributed by atoms with van der Waals surface area (Å²) >= 11 is 0. The van der Waals surface area contributed by atoms with Crippen molar-refractivity contribution in [3.05, 3.63) is 64.3 Å². The highest BCUT2D eigenvalue weighted by molar-refractivity contribution is 5.84. The summed E-state index contributed by atoms with van der Waals surface area (Å²) in [5.74, 6) is 0.408. The molecule has 3 N–H and O–H groups in total. The Bertz CT molecular complexity index is 1110. The zero-order valence-electron chi connectivity index (χ0n) is 18.2. The number of nitrogens with zero attached hydrogens (tertiary/aromatic N) is 2. The normalized spacial score (nSPS) is 21.5. The molecule has 2 aromatic carbocycles. The number of anilines is 1. The first-order chi connectivity index (χ1) is 14.3. The van der Waals surface area contributed by atoms with E-state index in [-0.39, 0.29) is 17.9 Å². The number of aromatic nitrogens is 2. The minimum atomic E-state index is -0.413. The van der Waals surface area contributed by atoms with Crippen molar-refractivity contribution in [1.29, 1.82) is 0 Å². The second-order valence-electron chi connectivity index (χ2n) is 8.36. The van der Waals surface area contributed by atoms with Gasteiger partial charge in [-0.1, -0.05) is 24.3 Å². The number of benzene rings is 2. The van der Waals surface area contributed by atoms with E-state index in [1.54, 1.807) is 0 Å². The highest BCUT2D eigenvalue weighted by Crippen LogP contribution is 2.23. The lowest BCUT2D eigenvalue weighted by atomic mass is 9.89. The van der Waals surface area contributed by atoms with Gasteiger partial charge in [0.15, 0.2) is 6.29 Å². The molecule has 1 amide bonds. The minimum absolute atomic E-state index is 0.0160. The molecule has 30 heavy (non-hydrogen) atoms. The molecule has 1 fully saturated rings. The summed E-state index contributed by atoms with van der Waals surface area (Å²) in [4.78, 5) is 22.1. The van der Waals surface area contributed by atoms with E-state index in [2.05, 4.69) is 77.9 Å².